The van der Waals surface area contributed by atoms with Crippen molar-refractivity contribution in [2.24, 2.45) is 0 Å². The number of nitrogens with zero attached hydrogens (tertiary/aromatic N) is 4. The highest BCUT2D eigenvalue weighted by Crippen LogP contribution is 2.31. The minimum Gasteiger partial charge on any atom is -0.494 e. The van der Waals surface area contributed by atoms with Crippen LogP contribution in [-0.4, -0.2) is 180 Å². The lowest BCUT2D eigenvalue weighted by molar-refractivity contribution is -0.165. The molecule has 0 bridgehead atoms. The van der Waals surface area contributed by atoms with Crippen molar-refractivity contribution in [1.82, 2.24) is 19.6 Å². The molecule has 0 saturated carbocycles. The lowest BCUT2D eigenvalue weighted by Gasteiger charge is -2.39. The molecule has 17 nitrogen and oxygen atoms in total. The summed E-state index contributed by atoms with van der Waals surface area (Å²) in [6, 6.07) is 7.32. The minimum absolute atomic E-state index is 0.00421. The fraction of sp³-hybridized carbons (Fsp3) is 0.771. The van der Waals surface area contributed by atoms with Crippen molar-refractivity contribution in [1.29, 1.82) is 0 Å². The van der Waals surface area contributed by atoms with E-state index in [-0.39, 0.29) is 38.2 Å². The van der Waals surface area contributed by atoms with Gasteiger partial charge in [-0.05, 0) is 134 Å². The third-order valence-electron chi connectivity index (χ3n) is 9.95. The second kappa shape index (κ2) is 23.7. The molecule has 0 amide bonds. The van der Waals surface area contributed by atoms with E-state index < -0.39 is 64.3 Å². The van der Waals surface area contributed by atoms with Gasteiger partial charge in [-0.3, -0.25) is 38.8 Å². The summed E-state index contributed by atoms with van der Waals surface area (Å²) < 4.78 is 40.5. The van der Waals surface area contributed by atoms with Gasteiger partial charge in [0.1, 0.15) is 28.2 Å². The number of hydrogen-bond acceptors (Lipinski definition) is 16. The number of rotatable bonds is 16. The van der Waals surface area contributed by atoms with Crippen LogP contribution in [0, 0.1) is 0 Å². The van der Waals surface area contributed by atoms with Crippen LogP contribution in [0.15, 0.2) is 24.3 Å². The molecule has 2 heterocycles. The maximum Gasteiger partial charge on any atom is 0.335 e. The number of carboxylic acid groups (broad SMARTS) is 1. The summed E-state index contributed by atoms with van der Waals surface area (Å²) in [7, 11) is 0. The predicted molar refractivity (Wildman–Crippen MR) is 244 cm³/mol. The third-order valence-corrected chi connectivity index (χ3v) is 9.95. The second-order valence-electron chi connectivity index (χ2n) is 21.5. The van der Waals surface area contributed by atoms with Crippen molar-refractivity contribution in [3.8, 4) is 5.75 Å². The van der Waals surface area contributed by atoms with E-state index >= 15 is 0 Å². The first-order valence-electron chi connectivity index (χ1n) is 22.9. The van der Waals surface area contributed by atoms with Crippen molar-refractivity contribution in [3.63, 3.8) is 0 Å². The quantitative estimate of drug-likeness (QED) is 0.133. The van der Waals surface area contributed by atoms with Gasteiger partial charge in [0, 0.05) is 51.9 Å². The average molecular weight is 921 g/mol. The zero-order valence-electron chi connectivity index (χ0n) is 41.8. The molecule has 2 fully saturated rings. The number of carboxylic acids is 1. The van der Waals surface area contributed by atoms with Crippen LogP contribution in [0.4, 0.5) is 0 Å². The number of carbonyl (C=O) groups is 5. The molecule has 0 radical (unpaired) electrons. The van der Waals surface area contributed by atoms with E-state index in [1.165, 1.54) is 0 Å². The number of hydrogen-bond donors (Lipinski definition) is 1. The van der Waals surface area contributed by atoms with Crippen molar-refractivity contribution >= 4 is 29.8 Å². The normalized spacial score (nSPS) is 21.4. The second-order valence-corrected chi connectivity index (χ2v) is 21.5. The van der Waals surface area contributed by atoms with Gasteiger partial charge in [0.25, 0.3) is 0 Å². The molecule has 0 aromatic heterocycles. The Morgan fingerprint density at radius 1 is 0.615 bits per heavy atom. The Bertz CT molecular complexity index is 1710. The number of esters is 4. The van der Waals surface area contributed by atoms with E-state index in [4.69, 9.17) is 33.2 Å². The molecule has 2 unspecified atom stereocenters. The molecule has 0 spiro atoms. The molecule has 3 rings (SSSR count). The van der Waals surface area contributed by atoms with Gasteiger partial charge in [-0.1, -0.05) is 12.1 Å². The molecule has 2 saturated heterocycles. The molecule has 65 heavy (non-hydrogen) atoms. The Balaban J connectivity index is 1.97. The summed E-state index contributed by atoms with van der Waals surface area (Å²) in [5.74, 6) is -3.00. The highest BCUT2D eigenvalue weighted by molar-refractivity contribution is 5.74. The van der Waals surface area contributed by atoms with Crippen molar-refractivity contribution in [2.75, 3.05) is 78.6 Å². The Labute approximate surface area is 387 Å². The molecule has 1 aromatic rings. The van der Waals surface area contributed by atoms with E-state index in [0.717, 1.165) is 5.56 Å². The molecule has 1 aromatic carbocycles. The van der Waals surface area contributed by atoms with Crippen LogP contribution in [0.3, 0.4) is 0 Å². The summed E-state index contributed by atoms with van der Waals surface area (Å²) in [5, 5.41) is 9.60. The predicted octanol–water partition coefficient (Wildman–Crippen LogP) is 4.95. The number of aliphatic carboxylic acids is 1. The zero-order valence-corrected chi connectivity index (χ0v) is 41.8. The maximum absolute atomic E-state index is 13.7. The topological polar surface area (TPSA) is 183 Å². The van der Waals surface area contributed by atoms with Gasteiger partial charge in [0.2, 0.25) is 0 Å². The fourth-order valence-electron chi connectivity index (χ4n) is 7.54. The molecule has 370 valence electrons. The first kappa shape index (κ1) is 55.5. The SMILES string of the molecule is CC(C)(C)OC(=O)CN1CCN(CC(=O)OC(C)(C)C)CCN(CC(=O)OC(C)(C)C)[C@@H](Cc2ccc(OCCCC3OC(C)(C)OC3C(=O)O)cc2)CN(CC(=O)OC(C)(C)C)CC1. The van der Waals surface area contributed by atoms with Gasteiger partial charge >= 0.3 is 29.8 Å². The molecule has 2 aliphatic heterocycles. The van der Waals surface area contributed by atoms with Crippen molar-refractivity contribution < 1.29 is 62.2 Å². The van der Waals surface area contributed by atoms with Gasteiger partial charge in [-0.2, -0.15) is 0 Å². The van der Waals surface area contributed by atoms with Crippen molar-refractivity contribution in [3.05, 3.63) is 29.8 Å². The van der Waals surface area contributed by atoms with E-state index in [2.05, 4.69) is 4.90 Å². The average Bonchev–Trinajstić information content (AvgIpc) is 3.43. The van der Waals surface area contributed by atoms with E-state index in [1.807, 2.05) is 122 Å². The molecule has 0 aliphatic carbocycles. The molecule has 1 N–H and O–H groups in total. The monoisotopic (exact) mass is 921 g/mol. The zero-order chi connectivity index (χ0) is 49.0. The maximum atomic E-state index is 13.7. The van der Waals surface area contributed by atoms with E-state index in [9.17, 15) is 29.1 Å². The standard InChI is InChI=1S/C48H80N4O13/c1-44(2,3)61-38(53)30-49-21-22-50(31-39(54)62-45(4,5)6)25-26-52(33-41(56)64-47(10,11)12)35(29-51(24-23-49)32-40(55)63-46(7,8)9)28-34-17-19-36(20-18-34)59-27-15-16-37-42(43(57)58)65-48(13,14)60-37/h17-20,35,37,42H,15-16,21-33H2,1-14H3,(H,57,58)/t35-,37?,42?/m0/s1. The Morgan fingerprint density at radius 3 is 1.48 bits per heavy atom. The summed E-state index contributed by atoms with van der Waals surface area (Å²) in [4.78, 5) is 73.4. The smallest absolute Gasteiger partial charge is 0.335 e. The largest absolute Gasteiger partial charge is 0.494 e. The summed E-state index contributed by atoms with van der Waals surface area (Å²) in [6.45, 7) is 28.1. The van der Waals surface area contributed by atoms with Crippen LogP contribution in [0.1, 0.15) is 115 Å². The lowest BCUT2D eigenvalue weighted by atomic mass is 10.0. The molecule has 17 heteroatoms. The van der Waals surface area contributed by atoms with Gasteiger partial charge in [0.05, 0.1) is 38.9 Å². The van der Waals surface area contributed by atoms with Crippen LogP contribution in [0.25, 0.3) is 0 Å². The Hall–Kier alpha value is -3.87. The lowest BCUT2D eigenvalue weighted by Crippen LogP contribution is -2.54. The first-order chi connectivity index (χ1) is 29.8. The summed E-state index contributed by atoms with van der Waals surface area (Å²) >= 11 is 0. The van der Waals surface area contributed by atoms with Gasteiger partial charge in [0.15, 0.2) is 11.9 Å². The van der Waals surface area contributed by atoms with Crippen LogP contribution >= 0.6 is 0 Å². The highest BCUT2D eigenvalue weighted by atomic mass is 16.8. The van der Waals surface area contributed by atoms with Crippen molar-refractivity contribution in [2.45, 2.75) is 163 Å². The first-order valence-corrected chi connectivity index (χ1v) is 22.9. The van der Waals surface area contributed by atoms with Crippen LogP contribution < -0.4 is 4.74 Å². The Morgan fingerprint density at radius 2 is 1.03 bits per heavy atom. The van der Waals surface area contributed by atoms with Crippen LogP contribution in [0.2, 0.25) is 0 Å². The van der Waals surface area contributed by atoms with Crippen LogP contribution in [0.5, 0.6) is 5.75 Å². The van der Waals surface area contributed by atoms with E-state index in [1.54, 1.807) is 13.8 Å². The molecule has 3 atom stereocenters. The molecular formula is C48H80N4O13. The third kappa shape index (κ3) is 22.9. The number of ether oxygens (including phenoxy) is 7. The van der Waals surface area contributed by atoms with Gasteiger partial charge in [-0.15, -0.1) is 0 Å². The van der Waals surface area contributed by atoms with Gasteiger partial charge < -0.3 is 38.3 Å². The summed E-state index contributed by atoms with van der Waals surface area (Å²) in [5.41, 5.74) is -1.88. The fourth-order valence-corrected chi connectivity index (χ4v) is 7.54. The van der Waals surface area contributed by atoms with Gasteiger partial charge in [-0.25, -0.2) is 4.79 Å². The number of carbonyl (C=O) groups excluding carboxylic acids is 4. The summed E-state index contributed by atoms with van der Waals surface area (Å²) in [6.07, 6.45) is -0.172. The minimum atomic E-state index is -1.06. The molecule has 2 aliphatic rings. The highest BCUT2D eigenvalue weighted by Gasteiger charge is 2.45. The Kier molecular flexibility index (Phi) is 20.2. The molecular weight excluding hydrogens is 841 g/mol. The number of benzene rings is 1. The van der Waals surface area contributed by atoms with E-state index in [0.29, 0.717) is 77.4 Å². The van der Waals surface area contributed by atoms with Crippen LogP contribution in [-0.2, 0) is 58.8 Å².